The molecule has 1 aromatic carbocycles. The number of nitrogens with one attached hydrogen (secondary N) is 2. The molecule has 0 fully saturated rings. The molecule has 0 radical (unpaired) electrons. The van der Waals surface area contributed by atoms with Crippen LogP contribution in [0.5, 0.6) is 0 Å². The minimum Gasteiger partial charge on any atom is -0.463 e. The summed E-state index contributed by atoms with van der Waals surface area (Å²) in [5, 5.41) is 5.30. The van der Waals surface area contributed by atoms with Gasteiger partial charge in [-0.15, -0.1) is 0 Å². The normalized spacial score (nSPS) is 18.4. The van der Waals surface area contributed by atoms with Crippen LogP contribution in [0.3, 0.4) is 0 Å². The van der Waals surface area contributed by atoms with Crippen molar-refractivity contribution in [3.8, 4) is 0 Å². The number of urea groups is 1. The molecule has 1 atom stereocenters. The van der Waals surface area contributed by atoms with Crippen LogP contribution >= 0.6 is 0 Å². The average molecular weight is 286 g/mol. The lowest BCUT2D eigenvalue weighted by molar-refractivity contribution is -0.138. The molecular formula is C16H18N2O3. The van der Waals surface area contributed by atoms with E-state index >= 15 is 0 Å². The number of hydrogen-bond donors (Lipinski definition) is 2. The zero-order valence-electron chi connectivity index (χ0n) is 12.1. The van der Waals surface area contributed by atoms with Gasteiger partial charge in [0.15, 0.2) is 0 Å². The number of ether oxygens (including phenoxy) is 1. The summed E-state index contributed by atoms with van der Waals surface area (Å²) in [6.45, 7) is 3.79. The van der Waals surface area contributed by atoms with Crippen molar-refractivity contribution in [2.24, 2.45) is 0 Å². The van der Waals surface area contributed by atoms with Crippen molar-refractivity contribution < 1.29 is 14.3 Å². The van der Waals surface area contributed by atoms with Crippen molar-refractivity contribution in [3.05, 3.63) is 53.2 Å². The summed E-state index contributed by atoms with van der Waals surface area (Å²) in [5.74, 6) is -0.426. The lowest BCUT2D eigenvalue weighted by Gasteiger charge is -2.25. The molecule has 5 nitrogen and oxygen atoms in total. The fraction of sp³-hybridized carbons (Fsp3) is 0.250. The van der Waals surface area contributed by atoms with Crippen molar-refractivity contribution in [1.29, 1.82) is 0 Å². The van der Waals surface area contributed by atoms with Crippen LogP contribution in [0.25, 0.3) is 6.08 Å². The molecule has 0 unspecified atom stereocenters. The Hall–Kier alpha value is -2.56. The zero-order valence-corrected chi connectivity index (χ0v) is 12.1. The van der Waals surface area contributed by atoms with Crippen LogP contribution in [-0.4, -0.2) is 24.6 Å². The summed E-state index contributed by atoms with van der Waals surface area (Å²) in [6.07, 6.45) is 3.56. The third kappa shape index (κ3) is 3.72. The van der Waals surface area contributed by atoms with Crippen molar-refractivity contribution >= 4 is 18.1 Å². The quantitative estimate of drug-likeness (QED) is 0.834. The molecule has 1 heterocycles. The van der Waals surface area contributed by atoms with Crippen LogP contribution < -0.4 is 10.6 Å². The molecule has 2 rings (SSSR count). The molecule has 1 aliphatic rings. The second-order valence-electron chi connectivity index (χ2n) is 4.61. The number of hydrogen-bond acceptors (Lipinski definition) is 3. The van der Waals surface area contributed by atoms with Gasteiger partial charge in [0.25, 0.3) is 0 Å². The predicted molar refractivity (Wildman–Crippen MR) is 80.3 cm³/mol. The van der Waals surface area contributed by atoms with Gasteiger partial charge in [-0.25, -0.2) is 9.59 Å². The van der Waals surface area contributed by atoms with Gasteiger partial charge >= 0.3 is 12.0 Å². The molecular weight excluding hydrogens is 268 g/mol. The highest BCUT2D eigenvalue weighted by Gasteiger charge is 2.28. The Morgan fingerprint density at radius 1 is 1.29 bits per heavy atom. The Morgan fingerprint density at radius 3 is 2.67 bits per heavy atom. The van der Waals surface area contributed by atoms with Gasteiger partial charge in [0, 0.05) is 0 Å². The van der Waals surface area contributed by atoms with Gasteiger partial charge in [-0.05, 0) is 25.5 Å². The van der Waals surface area contributed by atoms with Gasteiger partial charge in [0.2, 0.25) is 0 Å². The van der Waals surface area contributed by atoms with Crippen molar-refractivity contribution in [3.63, 3.8) is 0 Å². The number of esters is 1. The number of carbonyl (C=O) groups is 2. The van der Waals surface area contributed by atoms with E-state index in [1.807, 2.05) is 36.4 Å². The van der Waals surface area contributed by atoms with Crippen molar-refractivity contribution in [1.82, 2.24) is 10.6 Å². The van der Waals surface area contributed by atoms with Gasteiger partial charge in [0.1, 0.15) is 0 Å². The Kier molecular flexibility index (Phi) is 4.77. The molecule has 21 heavy (non-hydrogen) atoms. The molecule has 0 saturated heterocycles. The average Bonchev–Trinajstić information content (AvgIpc) is 2.45. The number of benzene rings is 1. The lowest BCUT2D eigenvalue weighted by Crippen LogP contribution is -2.48. The van der Waals surface area contributed by atoms with Crippen LogP contribution in [0.15, 0.2) is 47.7 Å². The molecule has 0 aromatic heterocycles. The number of amides is 2. The molecule has 110 valence electrons. The summed E-state index contributed by atoms with van der Waals surface area (Å²) in [7, 11) is 0. The van der Waals surface area contributed by atoms with Gasteiger partial charge in [0.05, 0.1) is 23.9 Å². The molecule has 0 aliphatic carbocycles. The van der Waals surface area contributed by atoms with Gasteiger partial charge in [-0.1, -0.05) is 36.4 Å². The molecule has 0 saturated carbocycles. The highest BCUT2D eigenvalue weighted by Crippen LogP contribution is 2.16. The first-order chi connectivity index (χ1) is 10.1. The first kappa shape index (κ1) is 14.8. The fourth-order valence-corrected chi connectivity index (χ4v) is 2.10. The summed E-state index contributed by atoms with van der Waals surface area (Å²) >= 11 is 0. The molecule has 0 spiro atoms. The second-order valence-corrected chi connectivity index (χ2v) is 4.61. The standard InChI is InChI=1S/C16H18N2O3/c1-3-21-15(19)14-11(2)17-16(20)18-13(14)10-9-12-7-5-4-6-8-12/h4-11H,3H2,1-2H3,(H2,17,18,20)/t11-/m0/s1. The Bertz CT molecular complexity index is 591. The predicted octanol–water partition coefficient (Wildman–Crippen LogP) is 2.22. The van der Waals surface area contributed by atoms with E-state index in [0.29, 0.717) is 17.9 Å². The maximum absolute atomic E-state index is 12.0. The van der Waals surface area contributed by atoms with Crippen LogP contribution in [0, 0.1) is 0 Å². The number of allylic oxidation sites excluding steroid dienone is 1. The van der Waals surface area contributed by atoms with Crippen molar-refractivity contribution in [2.45, 2.75) is 19.9 Å². The van der Waals surface area contributed by atoms with E-state index in [9.17, 15) is 9.59 Å². The molecule has 2 N–H and O–H groups in total. The van der Waals surface area contributed by atoms with E-state index < -0.39 is 12.0 Å². The number of rotatable bonds is 4. The summed E-state index contributed by atoms with van der Waals surface area (Å²) < 4.78 is 5.05. The van der Waals surface area contributed by atoms with Crippen LogP contribution in [0.4, 0.5) is 4.79 Å². The largest absolute Gasteiger partial charge is 0.463 e. The fourth-order valence-electron chi connectivity index (χ4n) is 2.10. The first-order valence-electron chi connectivity index (χ1n) is 6.83. The Balaban J connectivity index is 2.33. The molecule has 5 heteroatoms. The van der Waals surface area contributed by atoms with Crippen LogP contribution in [0.2, 0.25) is 0 Å². The molecule has 2 amide bonds. The van der Waals surface area contributed by atoms with Crippen molar-refractivity contribution in [2.75, 3.05) is 6.61 Å². The monoisotopic (exact) mass is 286 g/mol. The van der Waals surface area contributed by atoms with Gasteiger partial charge in [-0.3, -0.25) is 0 Å². The minimum atomic E-state index is -0.426. The topological polar surface area (TPSA) is 67.4 Å². The van der Waals surface area contributed by atoms with E-state index in [2.05, 4.69) is 10.6 Å². The third-order valence-corrected chi connectivity index (χ3v) is 3.06. The van der Waals surface area contributed by atoms with Crippen LogP contribution in [-0.2, 0) is 9.53 Å². The highest BCUT2D eigenvalue weighted by molar-refractivity contribution is 5.95. The Labute approximate surface area is 123 Å². The smallest absolute Gasteiger partial charge is 0.338 e. The summed E-state index contributed by atoms with van der Waals surface area (Å²) in [6, 6.07) is 8.92. The second kappa shape index (κ2) is 6.74. The maximum atomic E-state index is 12.0. The van der Waals surface area contributed by atoms with E-state index in [0.717, 1.165) is 5.56 Å². The summed E-state index contributed by atoms with van der Waals surface area (Å²) in [4.78, 5) is 23.6. The minimum absolute atomic E-state index is 0.290. The van der Waals surface area contributed by atoms with Crippen LogP contribution in [0.1, 0.15) is 19.4 Å². The first-order valence-corrected chi connectivity index (χ1v) is 6.83. The zero-order chi connectivity index (χ0) is 15.2. The van der Waals surface area contributed by atoms with E-state index in [1.165, 1.54) is 0 Å². The highest BCUT2D eigenvalue weighted by atomic mass is 16.5. The van der Waals surface area contributed by atoms with E-state index in [4.69, 9.17) is 4.74 Å². The Morgan fingerprint density at radius 2 is 2.00 bits per heavy atom. The third-order valence-electron chi connectivity index (χ3n) is 3.06. The van der Waals surface area contributed by atoms with Gasteiger partial charge in [-0.2, -0.15) is 0 Å². The van der Waals surface area contributed by atoms with E-state index in [-0.39, 0.29) is 6.03 Å². The SMILES string of the molecule is CCOC(=O)C1=C(C=Cc2ccccc2)NC(=O)N[C@H]1C. The molecule has 1 aromatic rings. The van der Waals surface area contributed by atoms with E-state index in [1.54, 1.807) is 19.9 Å². The van der Waals surface area contributed by atoms with Gasteiger partial charge < -0.3 is 15.4 Å². The molecule has 1 aliphatic heterocycles. The summed E-state index contributed by atoms with van der Waals surface area (Å²) in [5.41, 5.74) is 1.87. The molecule has 0 bridgehead atoms. The maximum Gasteiger partial charge on any atom is 0.338 e. The lowest BCUT2D eigenvalue weighted by atomic mass is 10.0. The number of carbonyl (C=O) groups excluding carboxylic acids is 2.